The van der Waals surface area contributed by atoms with Crippen LogP contribution in [0.1, 0.15) is 15.9 Å². The summed E-state index contributed by atoms with van der Waals surface area (Å²) < 4.78 is 11.1. The third kappa shape index (κ3) is 5.73. The van der Waals surface area contributed by atoms with Crippen molar-refractivity contribution in [3.05, 3.63) is 82.9 Å². The lowest BCUT2D eigenvalue weighted by Gasteiger charge is -2.13. The molecular weight excluding hydrogens is 392 g/mol. The summed E-state index contributed by atoms with van der Waals surface area (Å²) >= 11 is 6.10. The number of primary amides is 1. The molecule has 3 aromatic carbocycles. The van der Waals surface area contributed by atoms with Crippen LogP contribution in [0.5, 0.6) is 17.2 Å². The standard InChI is InChI=1S/C22H19ClN2O4/c1-14-5-8-17(9-6-14)29-20-10-7-16(23)12-19(20)25-22(27)15-3-2-4-18(11-15)28-13-21(24)26/h2-12H,13H2,1H3,(H2,24,26)(H,25,27). The summed E-state index contributed by atoms with van der Waals surface area (Å²) in [5.41, 5.74) is 6.95. The summed E-state index contributed by atoms with van der Waals surface area (Å²) in [6.07, 6.45) is 0. The van der Waals surface area contributed by atoms with E-state index in [0.717, 1.165) is 5.56 Å². The van der Waals surface area contributed by atoms with Gasteiger partial charge in [-0.05, 0) is 55.5 Å². The molecule has 0 aromatic heterocycles. The third-order valence-corrected chi connectivity index (χ3v) is 4.15. The van der Waals surface area contributed by atoms with Gasteiger partial charge in [0, 0.05) is 10.6 Å². The molecule has 0 unspecified atom stereocenters. The molecule has 2 amide bonds. The van der Waals surface area contributed by atoms with Crippen LogP contribution in [0.3, 0.4) is 0 Å². The number of aryl methyl sites for hydroxylation is 1. The van der Waals surface area contributed by atoms with Crippen LogP contribution in [-0.2, 0) is 4.79 Å². The molecule has 3 aromatic rings. The Morgan fingerprint density at radius 1 is 1.00 bits per heavy atom. The van der Waals surface area contributed by atoms with Crippen LogP contribution in [0.2, 0.25) is 5.02 Å². The molecule has 0 aliphatic rings. The van der Waals surface area contributed by atoms with Crippen LogP contribution >= 0.6 is 11.6 Å². The van der Waals surface area contributed by atoms with Gasteiger partial charge in [0.15, 0.2) is 12.4 Å². The number of rotatable bonds is 7. The van der Waals surface area contributed by atoms with Gasteiger partial charge in [-0.15, -0.1) is 0 Å². The maximum Gasteiger partial charge on any atom is 0.255 e. The van der Waals surface area contributed by atoms with Gasteiger partial charge in [0.2, 0.25) is 0 Å². The van der Waals surface area contributed by atoms with Crippen LogP contribution in [0.25, 0.3) is 0 Å². The van der Waals surface area contributed by atoms with E-state index in [-0.39, 0.29) is 12.5 Å². The number of anilines is 1. The van der Waals surface area contributed by atoms with E-state index in [1.165, 1.54) is 6.07 Å². The average molecular weight is 411 g/mol. The van der Waals surface area contributed by atoms with E-state index < -0.39 is 5.91 Å². The van der Waals surface area contributed by atoms with Gasteiger partial charge in [-0.2, -0.15) is 0 Å². The summed E-state index contributed by atoms with van der Waals surface area (Å²) in [5, 5.41) is 3.25. The highest BCUT2D eigenvalue weighted by atomic mass is 35.5. The molecule has 0 atom stereocenters. The van der Waals surface area contributed by atoms with Gasteiger partial charge in [-0.3, -0.25) is 9.59 Å². The van der Waals surface area contributed by atoms with Crippen molar-refractivity contribution in [2.75, 3.05) is 11.9 Å². The zero-order valence-corrected chi connectivity index (χ0v) is 16.4. The highest BCUT2D eigenvalue weighted by Crippen LogP contribution is 2.32. The summed E-state index contributed by atoms with van der Waals surface area (Å²) in [6, 6.07) is 18.9. The smallest absolute Gasteiger partial charge is 0.255 e. The van der Waals surface area contributed by atoms with Gasteiger partial charge in [0.1, 0.15) is 11.5 Å². The van der Waals surface area contributed by atoms with Gasteiger partial charge in [-0.1, -0.05) is 35.4 Å². The first-order valence-corrected chi connectivity index (χ1v) is 9.15. The van der Waals surface area contributed by atoms with E-state index in [4.69, 9.17) is 26.8 Å². The average Bonchev–Trinajstić information content (AvgIpc) is 2.70. The number of benzene rings is 3. The van der Waals surface area contributed by atoms with Crippen LogP contribution < -0.4 is 20.5 Å². The summed E-state index contributed by atoms with van der Waals surface area (Å²) in [7, 11) is 0. The van der Waals surface area contributed by atoms with Crippen molar-refractivity contribution in [2.24, 2.45) is 5.73 Å². The van der Waals surface area contributed by atoms with E-state index >= 15 is 0 Å². The number of carbonyl (C=O) groups excluding carboxylic acids is 2. The monoisotopic (exact) mass is 410 g/mol. The first-order valence-electron chi connectivity index (χ1n) is 8.77. The minimum Gasteiger partial charge on any atom is -0.484 e. The fraction of sp³-hybridized carbons (Fsp3) is 0.0909. The van der Waals surface area contributed by atoms with Gasteiger partial charge < -0.3 is 20.5 Å². The summed E-state index contributed by atoms with van der Waals surface area (Å²) in [6.45, 7) is 1.72. The molecule has 3 N–H and O–H groups in total. The van der Waals surface area contributed by atoms with Gasteiger partial charge in [0.25, 0.3) is 11.8 Å². The molecule has 0 radical (unpaired) electrons. The molecule has 29 heavy (non-hydrogen) atoms. The number of hydrogen-bond donors (Lipinski definition) is 2. The van der Waals surface area contributed by atoms with E-state index in [1.807, 2.05) is 31.2 Å². The minimum absolute atomic E-state index is 0.270. The van der Waals surface area contributed by atoms with Crippen molar-refractivity contribution in [3.8, 4) is 17.2 Å². The van der Waals surface area contributed by atoms with E-state index in [2.05, 4.69) is 5.32 Å². The Morgan fingerprint density at radius 2 is 1.76 bits per heavy atom. The first-order chi connectivity index (χ1) is 13.9. The molecule has 0 aliphatic carbocycles. The fourth-order valence-corrected chi connectivity index (χ4v) is 2.67. The molecule has 7 heteroatoms. The number of amides is 2. The normalized spacial score (nSPS) is 10.3. The topological polar surface area (TPSA) is 90.7 Å². The fourth-order valence-electron chi connectivity index (χ4n) is 2.50. The Balaban J connectivity index is 1.79. The van der Waals surface area contributed by atoms with Gasteiger partial charge >= 0.3 is 0 Å². The number of hydrogen-bond acceptors (Lipinski definition) is 4. The van der Waals surface area contributed by atoms with Crippen molar-refractivity contribution in [2.45, 2.75) is 6.92 Å². The largest absolute Gasteiger partial charge is 0.484 e. The van der Waals surface area contributed by atoms with Gasteiger partial charge in [0.05, 0.1) is 5.69 Å². The first kappa shape index (κ1) is 20.2. The van der Waals surface area contributed by atoms with Crippen molar-refractivity contribution < 1.29 is 19.1 Å². The molecule has 0 spiro atoms. The lowest BCUT2D eigenvalue weighted by Crippen LogP contribution is -2.20. The molecule has 0 fully saturated rings. The molecular formula is C22H19ClN2O4. The molecule has 0 saturated carbocycles. The molecule has 0 saturated heterocycles. The number of carbonyl (C=O) groups is 2. The number of nitrogens with two attached hydrogens (primary N) is 1. The van der Waals surface area contributed by atoms with Crippen LogP contribution in [0.4, 0.5) is 5.69 Å². The van der Waals surface area contributed by atoms with E-state index in [0.29, 0.717) is 33.5 Å². The third-order valence-electron chi connectivity index (χ3n) is 3.92. The van der Waals surface area contributed by atoms with Crippen LogP contribution in [-0.4, -0.2) is 18.4 Å². The van der Waals surface area contributed by atoms with Crippen molar-refractivity contribution in [3.63, 3.8) is 0 Å². The molecule has 0 bridgehead atoms. The molecule has 148 valence electrons. The van der Waals surface area contributed by atoms with E-state index in [1.54, 1.807) is 36.4 Å². The van der Waals surface area contributed by atoms with Crippen molar-refractivity contribution in [1.82, 2.24) is 0 Å². The predicted molar refractivity (Wildman–Crippen MR) is 112 cm³/mol. The van der Waals surface area contributed by atoms with Crippen molar-refractivity contribution >= 4 is 29.1 Å². The second-order valence-corrected chi connectivity index (χ2v) is 6.73. The zero-order valence-electron chi connectivity index (χ0n) is 15.6. The Morgan fingerprint density at radius 3 is 2.48 bits per heavy atom. The van der Waals surface area contributed by atoms with Crippen LogP contribution in [0.15, 0.2) is 66.7 Å². The molecule has 6 nitrogen and oxygen atoms in total. The lowest BCUT2D eigenvalue weighted by atomic mass is 10.2. The predicted octanol–water partition coefficient (Wildman–Crippen LogP) is 4.56. The second-order valence-electron chi connectivity index (χ2n) is 6.29. The number of ether oxygens (including phenoxy) is 2. The maximum atomic E-state index is 12.7. The van der Waals surface area contributed by atoms with Gasteiger partial charge in [-0.25, -0.2) is 0 Å². The highest BCUT2D eigenvalue weighted by Gasteiger charge is 2.13. The SMILES string of the molecule is Cc1ccc(Oc2ccc(Cl)cc2NC(=O)c2cccc(OCC(N)=O)c2)cc1. The van der Waals surface area contributed by atoms with Crippen LogP contribution in [0, 0.1) is 6.92 Å². The highest BCUT2D eigenvalue weighted by molar-refractivity contribution is 6.31. The van der Waals surface area contributed by atoms with Crippen molar-refractivity contribution in [1.29, 1.82) is 0 Å². The number of halogens is 1. The van der Waals surface area contributed by atoms with E-state index in [9.17, 15) is 9.59 Å². The minimum atomic E-state index is -0.600. The molecule has 0 heterocycles. The lowest BCUT2D eigenvalue weighted by molar-refractivity contribution is -0.119. The molecule has 0 aliphatic heterocycles. The quantitative estimate of drug-likeness (QED) is 0.597. The zero-order chi connectivity index (χ0) is 20.8. The number of nitrogens with one attached hydrogen (secondary N) is 1. The summed E-state index contributed by atoms with van der Waals surface area (Å²) in [5.74, 6) is 0.462. The Hall–Kier alpha value is -3.51. The summed E-state index contributed by atoms with van der Waals surface area (Å²) in [4.78, 5) is 23.6. The maximum absolute atomic E-state index is 12.7. The molecule has 3 rings (SSSR count). The Kier molecular flexibility index (Phi) is 6.36. The second kappa shape index (κ2) is 9.12. The Labute approximate surface area is 173 Å². The Bertz CT molecular complexity index is 1040.